The van der Waals surface area contributed by atoms with Crippen LogP contribution in [-0.4, -0.2) is 25.1 Å². The van der Waals surface area contributed by atoms with E-state index in [9.17, 15) is 0 Å². The number of rotatable bonds is 18. The Balaban J connectivity index is 2.43. The average molecular weight is 389 g/mol. The summed E-state index contributed by atoms with van der Waals surface area (Å²) < 4.78 is 1.15. The topological polar surface area (TPSA) is 0 Å². The first-order valence-corrected chi connectivity index (χ1v) is 12.5. The standard InChI is InChI=1S/C27H50N/c1-5-7-9-11-13-14-16-21-25-28(3,4)27(26-22-18-17-19-23-26)24-20-15-12-10-8-6-2/h17-19,22-23,27H,5-16,20-21,24-25H2,1-4H3/q+1. The zero-order valence-corrected chi connectivity index (χ0v) is 19.7. The first-order chi connectivity index (χ1) is 13.6. The van der Waals surface area contributed by atoms with Crippen LogP contribution in [0.3, 0.4) is 0 Å². The van der Waals surface area contributed by atoms with E-state index < -0.39 is 0 Å². The molecular weight excluding hydrogens is 338 g/mol. The van der Waals surface area contributed by atoms with Crippen LogP contribution in [0.1, 0.15) is 122 Å². The van der Waals surface area contributed by atoms with Gasteiger partial charge >= 0.3 is 0 Å². The molecule has 1 unspecified atom stereocenters. The number of hydrogen-bond donors (Lipinski definition) is 0. The minimum atomic E-state index is 0.650. The Labute approximate surface area is 177 Å². The quantitative estimate of drug-likeness (QED) is 0.174. The summed E-state index contributed by atoms with van der Waals surface area (Å²) in [5.41, 5.74) is 1.54. The van der Waals surface area contributed by atoms with Crippen molar-refractivity contribution in [3.63, 3.8) is 0 Å². The predicted octanol–water partition coefficient (Wildman–Crippen LogP) is 8.70. The third kappa shape index (κ3) is 11.2. The fraction of sp³-hybridized carbons (Fsp3) is 0.778. The van der Waals surface area contributed by atoms with Crippen LogP contribution in [0.5, 0.6) is 0 Å². The molecule has 0 saturated heterocycles. The summed E-state index contributed by atoms with van der Waals surface area (Å²) in [6.45, 7) is 5.91. The predicted molar refractivity (Wildman–Crippen MR) is 127 cm³/mol. The van der Waals surface area contributed by atoms with Crippen molar-refractivity contribution in [2.45, 2.75) is 116 Å². The molecule has 0 aliphatic carbocycles. The molecule has 0 N–H and O–H groups in total. The number of quaternary nitrogens is 1. The van der Waals surface area contributed by atoms with Gasteiger partial charge in [-0.15, -0.1) is 0 Å². The fourth-order valence-electron chi connectivity index (χ4n) is 4.52. The van der Waals surface area contributed by atoms with Crippen LogP contribution in [0.15, 0.2) is 30.3 Å². The highest BCUT2D eigenvalue weighted by Gasteiger charge is 2.28. The van der Waals surface area contributed by atoms with Crippen molar-refractivity contribution in [3.8, 4) is 0 Å². The van der Waals surface area contributed by atoms with Crippen molar-refractivity contribution in [2.24, 2.45) is 0 Å². The average Bonchev–Trinajstić information content (AvgIpc) is 2.70. The third-order valence-electron chi connectivity index (χ3n) is 6.45. The van der Waals surface area contributed by atoms with Crippen LogP contribution < -0.4 is 0 Å². The highest BCUT2D eigenvalue weighted by molar-refractivity contribution is 5.17. The number of benzene rings is 1. The van der Waals surface area contributed by atoms with Crippen molar-refractivity contribution in [1.82, 2.24) is 0 Å². The van der Waals surface area contributed by atoms with Crippen molar-refractivity contribution in [1.29, 1.82) is 0 Å². The van der Waals surface area contributed by atoms with Gasteiger partial charge in [-0.3, -0.25) is 0 Å². The molecule has 1 aromatic carbocycles. The molecule has 0 bridgehead atoms. The highest BCUT2D eigenvalue weighted by atomic mass is 15.3. The summed E-state index contributed by atoms with van der Waals surface area (Å²) in [6.07, 6.45) is 21.0. The van der Waals surface area contributed by atoms with Crippen LogP contribution in [0.2, 0.25) is 0 Å². The second kappa shape index (κ2) is 16.0. The van der Waals surface area contributed by atoms with E-state index in [4.69, 9.17) is 0 Å². The smallest absolute Gasteiger partial charge is 0.114 e. The molecule has 0 aliphatic rings. The molecule has 0 spiro atoms. The Bertz CT molecular complexity index is 451. The van der Waals surface area contributed by atoms with E-state index >= 15 is 0 Å². The Hall–Kier alpha value is -0.820. The first kappa shape index (κ1) is 25.2. The lowest BCUT2D eigenvalue weighted by Gasteiger charge is -2.39. The summed E-state index contributed by atoms with van der Waals surface area (Å²) in [5, 5.41) is 0. The molecule has 0 heterocycles. The molecule has 162 valence electrons. The van der Waals surface area contributed by atoms with Crippen molar-refractivity contribution in [3.05, 3.63) is 35.9 Å². The molecule has 1 rings (SSSR count). The summed E-state index contributed by atoms with van der Waals surface area (Å²) in [6, 6.07) is 12.0. The molecule has 0 fully saturated rings. The molecule has 0 radical (unpaired) electrons. The van der Waals surface area contributed by atoms with E-state index in [2.05, 4.69) is 58.3 Å². The summed E-state index contributed by atoms with van der Waals surface area (Å²) in [5.74, 6) is 0. The van der Waals surface area contributed by atoms with E-state index in [1.807, 2.05) is 0 Å². The Morgan fingerprint density at radius 3 is 1.61 bits per heavy atom. The van der Waals surface area contributed by atoms with Crippen LogP contribution in [0.4, 0.5) is 0 Å². The molecule has 0 aliphatic heterocycles. The van der Waals surface area contributed by atoms with Crippen LogP contribution in [0, 0.1) is 0 Å². The molecule has 1 heteroatoms. The van der Waals surface area contributed by atoms with Gasteiger partial charge in [0.15, 0.2) is 0 Å². The Kier molecular flexibility index (Phi) is 14.4. The lowest BCUT2D eigenvalue weighted by molar-refractivity contribution is -0.921. The fourth-order valence-corrected chi connectivity index (χ4v) is 4.52. The maximum atomic E-state index is 2.47. The van der Waals surface area contributed by atoms with Crippen molar-refractivity contribution in [2.75, 3.05) is 20.6 Å². The summed E-state index contributed by atoms with van der Waals surface area (Å²) >= 11 is 0. The SMILES string of the molecule is CCCCCCCCCC[N+](C)(C)C(CCCCCCCC)c1ccccc1. The molecule has 1 nitrogen and oxygen atoms in total. The van der Waals surface area contributed by atoms with Crippen LogP contribution in [0.25, 0.3) is 0 Å². The molecule has 1 atom stereocenters. The number of nitrogens with zero attached hydrogens (tertiary/aromatic N) is 1. The zero-order chi connectivity index (χ0) is 20.5. The second-order valence-electron chi connectivity index (χ2n) is 9.46. The minimum absolute atomic E-state index is 0.650. The van der Waals surface area contributed by atoms with Gasteiger partial charge in [0.2, 0.25) is 0 Å². The van der Waals surface area contributed by atoms with E-state index in [0.717, 1.165) is 4.48 Å². The molecular formula is C27H50N+. The minimum Gasteiger partial charge on any atom is -0.322 e. The lowest BCUT2D eigenvalue weighted by atomic mass is 9.96. The van der Waals surface area contributed by atoms with Crippen molar-refractivity contribution >= 4 is 0 Å². The largest absolute Gasteiger partial charge is 0.322 e. The van der Waals surface area contributed by atoms with E-state index in [-0.39, 0.29) is 0 Å². The summed E-state index contributed by atoms with van der Waals surface area (Å²) in [4.78, 5) is 0. The van der Waals surface area contributed by atoms with Crippen molar-refractivity contribution < 1.29 is 4.48 Å². The van der Waals surface area contributed by atoms with Gasteiger partial charge in [0.05, 0.1) is 20.6 Å². The third-order valence-corrected chi connectivity index (χ3v) is 6.45. The first-order valence-electron chi connectivity index (χ1n) is 12.5. The van der Waals surface area contributed by atoms with Gasteiger partial charge in [-0.25, -0.2) is 0 Å². The Morgan fingerprint density at radius 1 is 0.607 bits per heavy atom. The monoisotopic (exact) mass is 388 g/mol. The van der Waals surface area contributed by atoms with Crippen LogP contribution in [-0.2, 0) is 0 Å². The highest BCUT2D eigenvalue weighted by Crippen LogP contribution is 2.31. The second-order valence-corrected chi connectivity index (χ2v) is 9.46. The molecule has 0 saturated carbocycles. The molecule has 0 aromatic heterocycles. The van der Waals surface area contributed by atoms with Gasteiger partial charge in [0.25, 0.3) is 0 Å². The number of hydrogen-bond acceptors (Lipinski definition) is 0. The van der Waals surface area contributed by atoms with Gasteiger partial charge in [0.1, 0.15) is 6.04 Å². The van der Waals surface area contributed by atoms with Gasteiger partial charge < -0.3 is 4.48 Å². The lowest BCUT2D eigenvalue weighted by Crippen LogP contribution is -2.44. The Morgan fingerprint density at radius 2 is 1.07 bits per heavy atom. The summed E-state index contributed by atoms with van der Waals surface area (Å²) in [7, 11) is 4.94. The van der Waals surface area contributed by atoms with E-state index in [0.29, 0.717) is 6.04 Å². The van der Waals surface area contributed by atoms with E-state index in [1.54, 1.807) is 5.56 Å². The van der Waals surface area contributed by atoms with Gasteiger partial charge in [-0.1, -0.05) is 115 Å². The maximum Gasteiger partial charge on any atom is 0.114 e. The van der Waals surface area contributed by atoms with Gasteiger partial charge in [-0.2, -0.15) is 0 Å². The zero-order valence-electron chi connectivity index (χ0n) is 19.7. The van der Waals surface area contributed by atoms with Crippen LogP contribution >= 0.6 is 0 Å². The van der Waals surface area contributed by atoms with E-state index in [1.165, 1.54) is 103 Å². The molecule has 28 heavy (non-hydrogen) atoms. The molecule has 1 aromatic rings. The molecule has 0 amide bonds. The number of unbranched alkanes of at least 4 members (excludes halogenated alkanes) is 12. The van der Waals surface area contributed by atoms with Gasteiger partial charge in [-0.05, 0) is 19.3 Å². The van der Waals surface area contributed by atoms with Gasteiger partial charge in [0, 0.05) is 12.0 Å². The maximum absolute atomic E-state index is 2.47. The normalized spacial score (nSPS) is 13.0.